The van der Waals surface area contributed by atoms with E-state index in [1.165, 1.54) is 0 Å². The van der Waals surface area contributed by atoms with Crippen molar-refractivity contribution in [3.63, 3.8) is 0 Å². The lowest BCUT2D eigenvalue weighted by molar-refractivity contribution is 0.543. The van der Waals surface area contributed by atoms with Gasteiger partial charge in [-0.1, -0.05) is 20.8 Å². The molecule has 1 heterocycles. The summed E-state index contributed by atoms with van der Waals surface area (Å²) in [6.45, 7) is 5.86. The summed E-state index contributed by atoms with van der Waals surface area (Å²) >= 11 is 5.68. The normalized spacial score (nSPS) is 10.8. The summed E-state index contributed by atoms with van der Waals surface area (Å²) in [5, 5.41) is 10.8. The van der Waals surface area contributed by atoms with Crippen molar-refractivity contribution in [3.8, 4) is 6.19 Å². The Balaban J connectivity index is 3.15. The fraction of sp³-hybridized carbons (Fsp3) is 0.500. The topological polar surface area (TPSA) is 74.5 Å². The molecular weight excluding hydrogens is 202 g/mol. The average Bonchev–Trinajstić information content (AvgIpc) is 2.02. The molecule has 5 nitrogen and oxygen atoms in total. The zero-order valence-electron chi connectivity index (χ0n) is 8.17. The highest BCUT2D eigenvalue weighted by molar-refractivity contribution is 6.28. The molecule has 0 saturated carbocycles. The van der Waals surface area contributed by atoms with Gasteiger partial charge < -0.3 is 0 Å². The van der Waals surface area contributed by atoms with Crippen LogP contribution in [0.1, 0.15) is 26.6 Å². The lowest BCUT2D eigenvalue weighted by Crippen LogP contribution is -2.17. The quantitative estimate of drug-likeness (QED) is 0.566. The molecule has 0 spiro atoms. The van der Waals surface area contributed by atoms with Crippen molar-refractivity contribution in [3.05, 3.63) is 11.1 Å². The molecule has 0 aliphatic carbocycles. The molecule has 0 amide bonds. The van der Waals surface area contributed by atoms with Crippen LogP contribution < -0.4 is 5.32 Å². The average molecular weight is 212 g/mol. The summed E-state index contributed by atoms with van der Waals surface area (Å²) in [6.07, 6.45) is 1.73. The van der Waals surface area contributed by atoms with Gasteiger partial charge in [-0.25, -0.2) is 4.98 Å². The van der Waals surface area contributed by atoms with E-state index in [4.69, 9.17) is 16.9 Å². The molecule has 1 rings (SSSR count). The number of hydrogen-bond donors (Lipinski definition) is 1. The summed E-state index contributed by atoms with van der Waals surface area (Å²) in [4.78, 5) is 11.8. The minimum atomic E-state index is -0.224. The number of nitriles is 1. The summed E-state index contributed by atoms with van der Waals surface area (Å²) in [5.41, 5.74) is -0.224. The maximum atomic E-state index is 8.40. The fourth-order valence-corrected chi connectivity index (χ4v) is 0.952. The van der Waals surface area contributed by atoms with Gasteiger partial charge in [0.25, 0.3) is 0 Å². The summed E-state index contributed by atoms with van der Waals surface area (Å²) < 4.78 is 0. The molecule has 0 aromatic carbocycles. The number of hydrogen-bond acceptors (Lipinski definition) is 5. The molecule has 0 unspecified atom stereocenters. The Hall–Kier alpha value is -1.41. The summed E-state index contributed by atoms with van der Waals surface area (Å²) in [6, 6.07) is 0. The van der Waals surface area contributed by atoms with E-state index < -0.39 is 0 Å². The highest BCUT2D eigenvalue weighted by atomic mass is 35.5. The van der Waals surface area contributed by atoms with Crippen molar-refractivity contribution in [2.75, 3.05) is 5.32 Å². The lowest BCUT2D eigenvalue weighted by atomic mass is 9.96. The first-order chi connectivity index (χ1) is 6.43. The van der Waals surface area contributed by atoms with E-state index >= 15 is 0 Å². The first-order valence-electron chi connectivity index (χ1n) is 4.00. The zero-order valence-corrected chi connectivity index (χ0v) is 8.92. The third-order valence-electron chi connectivity index (χ3n) is 1.45. The van der Waals surface area contributed by atoms with E-state index in [1.807, 2.05) is 20.8 Å². The molecule has 0 fully saturated rings. The summed E-state index contributed by atoms with van der Waals surface area (Å²) in [5.74, 6) is 0.729. The van der Waals surface area contributed by atoms with Crippen LogP contribution in [0, 0.1) is 11.5 Å². The maximum Gasteiger partial charge on any atom is 0.240 e. The maximum absolute atomic E-state index is 8.40. The molecule has 14 heavy (non-hydrogen) atoms. The van der Waals surface area contributed by atoms with Crippen molar-refractivity contribution in [2.24, 2.45) is 0 Å². The second kappa shape index (κ2) is 3.76. The Morgan fingerprint density at radius 1 is 1.29 bits per heavy atom. The Kier molecular flexibility index (Phi) is 2.87. The molecule has 0 radical (unpaired) electrons. The minimum Gasteiger partial charge on any atom is -0.261 e. The monoisotopic (exact) mass is 211 g/mol. The number of anilines is 1. The van der Waals surface area contributed by atoms with Gasteiger partial charge in [0.1, 0.15) is 5.82 Å². The third-order valence-corrected chi connectivity index (χ3v) is 1.62. The zero-order chi connectivity index (χ0) is 10.8. The molecule has 6 heteroatoms. The highest BCUT2D eigenvalue weighted by Crippen LogP contribution is 2.19. The van der Waals surface area contributed by atoms with Crippen molar-refractivity contribution < 1.29 is 0 Å². The molecule has 0 bridgehead atoms. The van der Waals surface area contributed by atoms with Crippen molar-refractivity contribution in [1.29, 1.82) is 5.26 Å². The minimum absolute atomic E-state index is 0.0858. The van der Waals surface area contributed by atoms with E-state index in [-0.39, 0.29) is 16.6 Å². The smallest absolute Gasteiger partial charge is 0.240 e. The van der Waals surface area contributed by atoms with Crippen LogP contribution in [0.4, 0.5) is 5.95 Å². The van der Waals surface area contributed by atoms with Crippen LogP contribution >= 0.6 is 11.6 Å². The molecule has 1 N–H and O–H groups in total. The second-order valence-electron chi connectivity index (χ2n) is 3.74. The molecule has 1 aromatic heterocycles. The fourth-order valence-electron chi connectivity index (χ4n) is 0.791. The van der Waals surface area contributed by atoms with E-state index in [2.05, 4.69) is 20.3 Å². The van der Waals surface area contributed by atoms with Crippen LogP contribution in [-0.4, -0.2) is 15.0 Å². The number of nitrogens with zero attached hydrogens (tertiary/aromatic N) is 4. The van der Waals surface area contributed by atoms with Gasteiger partial charge in [-0.15, -0.1) is 0 Å². The van der Waals surface area contributed by atoms with Crippen LogP contribution in [0.15, 0.2) is 0 Å². The van der Waals surface area contributed by atoms with Crippen LogP contribution in [0.2, 0.25) is 5.28 Å². The van der Waals surface area contributed by atoms with Gasteiger partial charge in [0.2, 0.25) is 11.2 Å². The van der Waals surface area contributed by atoms with Crippen LogP contribution in [0.25, 0.3) is 0 Å². The van der Waals surface area contributed by atoms with Gasteiger partial charge in [0.15, 0.2) is 6.19 Å². The Labute approximate surface area is 87.2 Å². The number of nitrogens with one attached hydrogen (secondary N) is 1. The molecule has 0 atom stereocenters. The van der Waals surface area contributed by atoms with Crippen LogP contribution in [0.3, 0.4) is 0 Å². The predicted molar refractivity (Wildman–Crippen MR) is 52.8 cm³/mol. The standard InChI is InChI=1S/C8H10ClN5/c1-8(2,3)5-12-6(9)14-7(13-5)11-4-10/h1-3H3,(H,11,12,13,14). The van der Waals surface area contributed by atoms with Crippen LogP contribution in [-0.2, 0) is 5.41 Å². The van der Waals surface area contributed by atoms with Gasteiger partial charge in [-0.3, -0.25) is 5.32 Å². The number of aromatic nitrogens is 3. The SMILES string of the molecule is CC(C)(C)c1nc(Cl)nc(NC#N)n1. The van der Waals surface area contributed by atoms with Crippen molar-refractivity contribution in [1.82, 2.24) is 15.0 Å². The number of rotatable bonds is 1. The molecule has 0 saturated heterocycles. The Bertz CT molecular complexity index is 376. The molecular formula is C8H10ClN5. The van der Waals surface area contributed by atoms with E-state index in [0.717, 1.165) is 0 Å². The summed E-state index contributed by atoms with van der Waals surface area (Å²) in [7, 11) is 0. The van der Waals surface area contributed by atoms with Crippen molar-refractivity contribution in [2.45, 2.75) is 26.2 Å². The molecule has 1 aromatic rings. The van der Waals surface area contributed by atoms with E-state index in [9.17, 15) is 0 Å². The van der Waals surface area contributed by atoms with Gasteiger partial charge >= 0.3 is 0 Å². The highest BCUT2D eigenvalue weighted by Gasteiger charge is 2.19. The predicted octanol–water partition coefficient (Wildman–Crippen LogP) is 1.72. The van der Waals surface area contributed by atoms with Gasteiger partial charge in [0, 0.05) is 5.41 Å². The van der Waals surface area contributed by atoms with Gasteiger partial charge in [-0.05, 0) is 11.6 Å². The second-order valence-corrected chi connectivity index (χ2v) is 4.08. The van der Waals surface area contributed by atoms with Gasteiger partial charge in [-0.2, -0.15) is 15.2 Å². The Morgan fingerprint density at radius 3 is 2.43 bits per heavy atom. The number of halogens is 1. The molecule has 0 aliphatic heterocycles. The van der Waals surface area contributed by atoms with Crippen molar-refractivity contribution >= 4 is 17.5 Å². The third kappa shape index (κ3) is 2.54. The van der Waals surface area contributed by atoms with E-state index in [0.29, 0.717) is 5.82 Å². The lowest BCUT2D eigenvalue weighted by Gasteiger charge is -2.16. The van der Waals surface area contributed by atoms with Crippen LogP contribution in [0.5, 0.6) is 0 Å². The molecule has 74 valence electrons. The largest absolute Gasteiger partial charge is 0.261 e. The first kappa shape index (κ1) is 10.7. The van der Waals surface area contributed by atoms with E-state index in [1.54, 1.807) is 6.19 Å². The van der Waals surface area contributed by atoms with Gasteiger partial charge in [0.05, 0.1) is 0 Å². The first-order valence-corrected chi connectivity index (χ1v) is 4.38. The molecule has 0 aliphatic rings. The Morgan fingerprint density at radius 2 is 1.93 bits per heavy atom.